The maximum absolute atomic E-state index is 14.0. The molecule has 0 aromatic heterocycles. The molecule has 180 valence electrons. The van der Waals surface area contributed by atoms with E-state index in [2.05, 4.69) is 5.32 Å². The zero-order valence-electron chi connectivity index (χ0n) is 18.6. The summed E-state index contributed by atoms with van der Waals surface area (Å²) in [5.41, 5.74) is -1.74. The van der Waals surface area contributed by atoms with Gasteiger partial charge >= 0.3 is 12.1 Å². The molecule has 1 spiro atoms. The number of carbonyl (C=O) groups is 3. The Bertz CT molecular complexity index is 1270. The number of benzene rings is 2. The second kappa shape index (κ2) is 8.11. The summed E-state index contributed by atoms with van der Waals surface area (Å²) in [7, 11) is 0. The smallest absolute Gasteiger partial charge is 0.416 e. The van der Waals surface area contributed by atoms with E-state index in [1.807, 2.05) is 0 Å². The van der Waals surface area contributed by atoms with Crippen LogP contribution in [0.3, 0.4) is 0 Å². The van der Waals surface area contributed by atoms with Crippen LogP contribution in [0, 0.1) is 5.92 Å². The molecule has 6 nitrogen and oxygen atoms in total. The maximum Gasteiger partial charge on any atom is 0.416 e. The highest BCUT2D eigenvalue weighted by Crippen LogP contribution is 2.56. The van der Waals surface area contributed by atoms with E-state index in [1.165, 1.54) is 4.90 Å². The van der Waals surface area contributed by atoms with Crippen LogP contribution in [-0.2, 0) is 19.7 Å². The van der Waals surface area contributed by atoms with Crippen LogP contribution in [-0.4, -0.2) is 47.4 Å². The number of esters is 1. The van der Waals surface area contributed by atoms with E-state index in [-0.39, 0.29) is 12.2 Å². The van der Waals surface area contributed by atoms with Gasteiger partial charge in [0.15, 0.2) is 5.78 Å². The lowest BCUT2D eigenvalue weighted by Crippen LogP contribution is -2.51. The van der Waals surface area contributed by atoms with Gasteiger partial charge < -0.3 is 15.0 Å². The number of halogens is 3. The minimum Gasteiger partial charge on any atom is -0.464 e. The highest BCUT2D eigenvalue weighted by Gasteiger charge is 2.70. The largest absolute Gasteiger partial charge is 0.464 e. The second-order valence-electron chi connectivity index (χ2n) is 8.60. The number of allylic oxidation sites excluding steroid dienone is 2. The van der Waals surface area contributed by atoms with Crippen molar-refractivity contribution < 1.29 is 32.3 Å². The number of amides is 1. The minimum atomic E-state index is -4.68. The van der Waals surface area contributed by atoms with Crippen molar-refractivity contribution in [3.8, 4) is 0 Å². The number of anilines is 1. The molecule has 9 heteroatoms. The summed E-state index contributed by atoms with van der Waals surface area (Å²) < 4.78 is 46.6. The number of ketones is 1. The van der Waals surface area contributed by atoms with Gasteiger partial charge in [-0.15, -0.1) is 0 Å². The van der Waals surface area contributed by atoms with Crippen molar-refractivity contribution in [2.24, 2.45) is 5.92 Å². The quantitative estimate of drug-likeness (QED) is 0.527. The van der Waals surface area contributed by atoms with E-state index < -0.39 is 52.8 Å². The van der Waals surface area contributed by atoms with Gasteiger partial charge in [0.2, 0.25) is 5.91 Å². The molecule has 4 atom stereocenters. The SMILES string of the molecule is CCOC(=O)[C@H]1[C@@H](C(=O)c2ccccc2)[C@]2(C(=O)Nc3ccccc32)C2C=C(C(F)(F)F)C=CN21. The topological polar surface area (TPSA) is 75.7 Å². The fraction of sp³-hybridized carbons (Fsp3) is 0.269. The first-order valence-corrected chi connectivity index (χ1v) is 11.1. The number of carbonyl (C=O) groups excluding carboxylic acids is 3. The average Bonchev–Trinajstić information content (AvgIpc) is 3.31. The van der Waals surface area contributed by atoms with Crippen LogP contribution >= 0.6 is 0 Å². The van der Waals surface area contributed by atoms with Gasteiger partial charge in [-0.25, -0.2) is 4.79 Å². The number of nitrogens with one attached hydrogen (secondary N) is 1. The molecular formula is C26H21F3N2O4. The first-order chi connectivity index (χ1) is 16.7. The lowest BCUT2D eigenvalue weighted by atomic mass is 9.64. The standard InChI is InChI=1S/C26H21F3N2O4/c1-2-35-23(33)21-20(22(32)15-8-4-3-5-9-15)25(17-10-6-7-11-18(17)30-24(25)34)19-14-16(26(27,28)29)12-13-31(19)21/h3-14,19-21H,2H2,1H3,(H,30,34)/t19?,20-,21+,25+/m0/s1. The normalized spacial score (nSPS) is 26.7. The predicted octanol–water partition coefficient (Wildman–Crippen LogP) is 4.01. The molecule has 2 aromatic carbocycles. The van der Waals surface area contributed by atoms with Crippen molar-refractivity contribution >= 4 is 23.3 Å². The van der Waals surface area contributed by atoms with Crippen molar-refractivity contribution in [1.29, 1.82) is 0 Å². The summed E-state index contributed by atoms with van der Waals surface area (Å²) in [5, 5.41) is 2.74. The van der Waals surface area contributed by atoms with Crippen molar-refractivity contribution in [1.82, 2.24) is 4.90 Å². The summed E-state index contributed by atoms with van der Waals surface area (Å²) >= 11 is 0. The number of hydrogen-bond acceptors (Lipinski definition) is 5. The Balaban J connectivity index is 1.80. The molecule has 0 aliphatic carbocycles. The first-order valence-electron chi connectivity index (χ1n) is 11.1. The predicted molar refractivity (Wildman–Crippen MR) is 120 cm³/mol. The number of ether oxygens (including phenoxy) is 1. The third-order valence-corrected chi connectivity index (χ3v) is 6.87. The Kier molecular flexibility index (Phi) is 5.30. The Morgan fingerprint density at radius 2 is 1.77 bits per heavy atom. The summed E-state index contributed by atoms with van der Waals surface area (Å²) in [5.74, 6) is -3.29. The zero-order valence-corrected chi connectivity index (χ0v) is 18.6. The van der Waals surface area contributed by atoms with E-state index in [0.717, 1.165) is 18.4 Å². The molecule has 5 rings (SSSR count). The van der Waals surface area contributed by atoms with Gasteiger partial charge in [0.25, 0.3) is 0 Å². The van der Waals surface area contributed by atoms with Crippen LogP contribution in [0.15, 0.2) is 78.5 Å². The molecule has 1 amide bonds. The molecule has 2 aromatic rings. The van der Waals surface area contributed by atoms with E-state index in [1.54, 1.807) is 61.5 Å². The molecule has 0 radical (unpaired) electrons. The van der Waals surface area contributed by atoms with Gasteiger partial charge in [0.05, 0.1) is 24.1 Å². The zero-order chi connectivity index (χ0) is 25.0. The van der Waals surface area contributed by atoms with Gasteiger partial charge in [-0.05, 0) is 30.7 Å². The van der Waals surface area contributed by atoms with Gasteiger partial charge in [0.1, 0.15) is 11.5 Å². The van der Waals surface area contributed by atoms with Crippen molar-refractivity contribution in [3.63, 3.8) is 0 Å². The molecule has 35 heavy (non-hydrogen) atoms. The number of Topliss-reactive ketones (excluding diaryl/α,β-unsaturated/α-hetero) is 1. The van der Waals surface area contributed by atoms with Crippen molar-refractivity contribution in [2.45, 2.75) is 30.6 Å². The molecule has 0 saturated carbocycles. The fourth-order valence-electron chi connectivity index (χ4n) is 5.52. The van der Waals surface area contributed by atoms with Gasteiger partial charge in [-0.1, -0.05) is 48.5 Å². The average molecular weight is 482 g/mol. The highest BCUT2D eigenvalue weighted by molar-refractivity contribution is 6.14. The van der Waals surface area contributed by atoms with Crippen LogP contribution in [0.4, 0.5) is 18.9 Å². The lowest BCUT2D eigenvalue weighted by Gasteiger charge is -2.35. The second-order valence-corrected chi connectivity index (χ2v) is 8.60. The third-order valence-electron chi connectivity index (χ3n) is 6.87. The molecule has 3 aliphatic heterocycles. The lowest BCUT2D eigenvalue weighted by molar-refractivity contribution is -0.148. The maximum atomic E-state index is 14.0. The number of fused-ring (bicyclic) bond motifs is 4. The van der Waals surface area contributed by atoms with Crippen LogP contribution in [0.1, 0.15) is 22.8 Å². The Hall–Kier alpha value is -3.88. The molecule has 1 unspecified atom stereocenters. The van der Waals surface area contributed by atoms with Crippen molar-refractivity contribution in [2.75, 3.05) is 11.9 Å². The van der Waals surface area contributed by atoms with Gasteiger partial charge in [0, 0.05) is 17.5 Å². The molecule has 0 bridgehead atoms. The first kappa shape index (κ1) is 22.9. The molecule has 1 N–H and O–H groups in total. The van der Waals surface area contributed by atoms with E-state index in [4.69, 9.17) is 4.74 Å². The number of para-hydroxylation sites is 1. The van der Waals surface area contributed by atoms with Crippen LogP contribution in [0.25, 0.3) is 0 Å². The number of alkyl halides is 3. The summed E-state index contributed by atoms with van der Waals surface area (Å²) in [6.45, 7) is 1.60. The molecule has 1 fully saturated rings. The monoisotopic (exact) mass is 482 g/mol. The highest BCUT2D eigenvalue weighted by atomic mass is 19.4. The molecular weight excluding hydrogens is 461 g/mol. The molecule has 3 heterocycles. The van der Waals surface area contributed by atoms with E-state index in [9.17, 15) is 27.6 Å². The number of hydrogen-bond donors (Lipinski definition) is 1. The van der Waals surface area contributed by atoms with Crippen molar-refractivity contribution in [3.05, 3.63) is 89.6 Å². The summed E-state index contributed by atoms with van der Waals surface area (Å²) in [4.78, 5) is 42.4. The van der Waals surface area contributed by atoms with Crippen LogP contribution < -0.4 is 5.32 Å². The minimum absolute atomic E-state index is 0.00320. The number of rotatable bonds is 4. The van der Waals surface area contributed by atoms with Gasteiger partial charge in [-0.3, -0.25) is 9.59 Å². The number of nitrogens with zero attached hydrogens (tertiary/aromatic N) is 1. The van der Waals surface area contributed by atoms with Gasteiger partial charge in [-0.2, -0.15) is 13.2 Å². The van der Waals surface area contributed by atoms with Crippen LogP contribution in [0.2, 0.25) is 0 Å². The molecule has 3 aliphatic rings. The third kappa shape index (κ3) is 3.29. The van der Waals surface area contributed by atoms with E-state index >= 15 is 0 Å². The van der Waals surface area contributed by atoms with Crippen LogP contribution in [0.5, 0.6) is 0 Å². The summed E-state index contributed by atoms with van der Waals surface area (Å²) in [6, 6.07) is 12.1. The Labute approximate surface area is 199 Å². The summed E-state index contributed by atoms with van der Waals surface area (Å²) in [6.07, 6.45) is -1.75. The van der Waals surface area contributed by atoms with E-state index in [0.29, 0.717) is 11.3 Å². The fourth-order valence-corrected chi connectivity index (χ4v) is 5.52. The Morgan fingerprint density at radius 3 is 2.46 bits per heavy atom. The molecule has 1 saturated heterocycles. The Morgan fingerprint density at radius 1 is 1.09 bits per heavy atom.